The third-order valence-corrected chi connectivity index (χ3v) is 4.28. The maximum Gasteiger partial charge on any atom is 0.339 e. The van der Waals surface area contributed by atoms with Gasteiger partial charge in [-0.05, 0) is 28.5 Å². The fraction of sp³-hybridized carbons (Fsp3) is 0.136. The first kappa shape index (κ1) is 18.6. The van der Waals surface area contributed by atoms with E-state index in [2.05, 4.69) is 5.92 Å². The van der Waals surface area contributed by atoms with Gasteiger partial charge in [0.15, 0.2) is 18.1 Å². The highest BCUT2D eigenvalue weighted by Crippen LogP contribution is 2.37. The van der Waals surface area contributed by atoms with E-state index in [-0.39, 0.29) is 17.2 Å². The van der Waals surface area contributed by atoms with E-state index in [0.717, 1.165) is 16.3 Å². The van der Waals surface area contributed by atoms with Crippen LogP contribution in [0.4, 0.5) is 0 Å². The number of rotatable bonds is 6. The van der Waals surface area contributed by atoms with Crippen LogP contribution in [0.1, 0.15) is 15.9 Å². The van der Waals surface area contributed by atoms with E-state index in [1.807, 2.05) is 42.5 Å². The molecule has 0 bridgehead atoms. The van der Waals surface area contributed by atoms with Gasteiger partial charge in [-0.3, -0.25) is 0 Å². The minimum atomic E-state index is -0.575. The van der Waals surface area contributed by atoms with Crippen LogP contribution in [-0.4, -0.2) is 19.7 Å². The van der Waals surface area contributed by atoms with Crippen molar-refractivity contribution >= 4 is 28.3 Å². The Morgan fingerprint density at radius 3 is 2.70 bits per heavy atom. The van der Waals surface area contributed by atoms with Gasteiger partial charge in [-0.1, -0.05) is 60.0 Å². The molecule has 5 heteroatoms. The molecule has 0 atom stereocenters. The molecular formula is C22H17ClO4. The lowest BCUT2D eigenvalue weighted by atomic mass is 10.1. The zero-order chi connectivity index (χ0) is 19.2. The molecule has 0 aliphatic carbocycles. The third-order valence-electron chi connectivity index (χ3n) is 4.00. The van der Waals surface area contributed by atoms with Crippen molar-refractivity contribution in [3.63, 3.8) is 0 Å². The number of methoxy groups -OCH3 is 1. The molecule has 0 saturated carbocycles. The summed E-state index contributed by atoms with van der Waals surface area (Å²) in [6.45, 7) is 0.191. The summed E-state index contributed by atoms with van der Waals surface area (Å²) in [4.78, 5) is 12.0. The Labute approximate surface area is 162 Å². The van der Waals surface area contributed by atoms with Crippen LogP contribution in [0, 0.1) is 12.3 Å². The molecule has 0 aliphatic heterocycles. The molecule has 0 N–H and O–H groups in total. The SMILES string of the molecule is C#CCOC(=O)c1cc(Cl)c(OCc2cccc3ccccc23)c(OC)c1. The molecule has 4 nitrogen and oxygen atoms in total. The molecule has 0 saturated heterocycles. The van der Waals surface area contributed by atoms with Gasteiger partial charge in [0.2, 0.25) is 0 Å². The predicted molar refractivity (Wildman–Crippen MR) is 105 cm³/mol. The maximum atomic E-state index is 12.0. The Bertz CT molecular complexity index is 1020. The molecule has 0 amide bonds. The highest BCUT2D eigenvalue weighted by atomic mass is 35.5. The van der Waals surface area contributed by atoms with Crippen LogP contribution in [0.5, 0.6) is 11.5 Å². The minimum absolute atomic E-state index is 0.113. The summed E-state index contributed by atoms with van der Waals surface area (Å²) in [5, 5.41) is 2.48. The normalized spacial score (nSPS) is 10.3. The molecule has 0 aromatic heterocycles. The van der Waals surface area contributed by atoms with Crippen molar-refractivity contribution in [3.8, 4) is 23.8 Å². The standard InChI is InChI=1S/C22H17ClO4/c1-3-11-26-22(24)17-12-19(23)21(20(13-17)25-2)27-14-16-9-6-8-15-7-4-5-10-18(15)16/h1,4-10,12-13H,11,14H2,2H3. The molecule has 0 fully saturated rings. The number of hydrogen-bond donors (Lipinski definition) is 0. The van der Waals surface area contributed by atoms with E-state index in [9.17, 15) is 4.79 Å². The number of benzene rings is 3. The summed E-state index contributed by atoms with van der Waals surface area (Å²) in [6.07, 6.45) is 5.10. The van der Waals surface area contributed by atoms with Crippen molar-refractivity contribution in [1.82, 2.24) is 0 Å². The van der Waals surface area contributed by atoms with Gasteiger partial charge < -0.3 is 14.2 Å². The second-order valence-corrected chi connectivity index (χ2v) is 6.10. The lowest BCUT2D eigenvalue weighted by Crippen LogP contribution is -2.07. The Morgan fingerprint density at radius 2 is 1.93 bits per heavy atom. The second kappa shape index (κ2) is 8.48. The number of ether oxygens (including phenoxy) is 3. The zero-order valence-electron chi connectivity index (χ0n) is 14.7. The summed E-state index contributed by atoms with van der Waals surface area (Å²) in [5.74, 6) is 2.37. The van der Waals surface area contributed by atoms with Gasteiger partial charge in [0.05, 0.1) is 17.7 Å². The third kappa shape index (κ3) is 4.16. The number of hydrogen-bond acceptors (Lipinski definition) is 4. The molecule has 27 heavy (non-hydrogen) atoms. The predicted octanol–water partition coefficient (Wildman–Crippen LogP) is 4.87. The lowest BCUT2D eigenvalue weighted by molar-refractivity contribution is 0.0556. The largest absolute Gasteiger partial charge is 0.493 e. The smallest absolute Gasteiger partial charge is 0.339 e. The van der Waals surface area contributed by atoms with Gasteiger partial charge in [0.1, 0.15) is 6.61 Å². The lowest BCUT2D eigenvalue weighted by Gasteiger charge is -2.15. The van der Waals surface area contributed by atoms with Crippen molar-refractivity contribution < 1.29 is 19.0 Å². The molecule has 3 rings (SSSR count). The molecule has 0 heterocycles. The summed E-state index contributed by atoms with van der Waals surface area (Å²) < 4.78 is 16.2. The van der Waals surface area contributed by atoms with E-state index in [4.69, 9.17) is 32.2 Å². The van der Waals surface area contributed by atoms with Crippen LogP contribution >= 0.6 is 11.6 Å². The monoisotopic (exact) mass is 380 g/mol. The van der Waals surface area contributed by atoms with Crippen molar-refractivity contribution in [2.24, 2.45) is 0 Å². The van der Waals surface area contributed by atoms with E-state index >= 15 is 0 Å². The molecule has 136 valence electrons. The highest BCUT2D eigenvalue weighted by molar-refractivity contribution is 6.32. The van der Waals surface area contributed by atoms with Crippen molar-refractivity contribution in [1.29, 1.82) is 0 Å². The Morgan fingerprint density at radius 1 is 1.15 bits per heavy atom. The number of esters is 1. The first-order chi connectivity index (χ1) is 13.1. The van der Waals surface area contributed by atoms with Crippen molar-refractivity contribution in [3.05, 3.63) is 70.7 Å². The summed E-state index contributed by atoms with van der Waals surface area (Å²) in [5.41, 5.74) is 1.26. The van der Waals surface area contributed by atoms with Crippen LogP contribution in [0.15, 0.2) is 54.6 Å². The first-order valence-corrected chi connectivity index (χ1v) is 8.59. The summed E-state index contributed by atoms with van der Waals surface area (Å²) in [7, 11) is 1.48. The van der Waals surface area contributed by atoms with Crippen LogP contribution in [0.2, 0.25) is 5.02 Å². The van der Waals surface area contributed by atoms with Gasteiger partial charge in [-0.2, -0.15) is 0 Å². The van der Waals surface area contributed by atoms with E-state index in [1.165, 1.54) is 19.2 Å². The van der Waals surface area contributed by atoms with Gasteiger partial charge in [0.25, 0.3) is 0 Å². The average Bonchev–Trinajstić information content (AvgIpc) is 2.70. The van der Waals surface area contributed by atoms with Gasteiger partial charge in [0, 0.05) is 0 Å². The summed E-state index contributed by atoms with van der Waals surface area (Å²) in [6, 6.07) is 17.1. The average molecular weight is 381 g/mol. The number of fused-ring (bicyclic) bond motifs is 1. The van der Waals surface area contributed by atoms with E-state index in [0.29, 0.717) is 18.1 Å². The molecular weight excluding hydrogens is 364 g/mol. The highest BCUT2D eigenvalue weighted by Gasteiger charge is 2.17. The van der Waals surface area contributed by atoms with Crippen LogP contribution in [-0.2, 0) is 11.3 Å². The molecule has 0 spiro atoms. The van der Waals surface area contributed by atoms with E-state index < -0.39 is 5.97 Å². The van der Waals surface area contributed by atoms with Gasteiger partial charge in [-0.15, -0.1) is 6.42 Å². The van der Waals surface area contributed by atoms with E-state index in [1.54, 1.807) is 0 Å². The molecule has 0 aliphatic rings. The first-order valence-electron chi connectivity index (χ1n) is 8.21. The zero-order valence-corrected chi connectivity index (χ0v) is 15.5. The molecule has 3 aromatic rings. The van der Waals surface area contributed by atoms with Crippen molar-refractivity contribution in [2.75, 3.05) is 13.7 Å². The van der Waals surface area contributed by atoms with Crippen molar-refractivity contribution in [2.45, 2.75) is 6.61 Å². The number of terminal acetylenes is 1. The van der Waals surface area contributed by atoms with Crippen LogP contribution < -0.4 is 9.47 Å². The Hall–Kier alpha value is -3.16. The van der Waals surface area contributed by atoms with Crippen LogP contribution in [0.25, 0.3) is 10.8 Å². The number of halogens is 1. The molecule has 3 aromatic carbocycles. The topological polar surface area (TPSA) is 44.8 Å². The molecule has 0 unspecified atom stereocenters. The number of carbonyl (C=O) groups is 1. The second-order valence-electron chi connectivity index (χ2n) is 5.70. The fourth-order valence-corrected chi connectivity index (χ4v) is 3.00. The maximum absolute atomic E-state index is 12.0. The summed E-state index contributed by atoms with van der Waals surface area (Å²) >= 11 is 6.32. The minimum Gasteiger partial charge on any atom is -0.493 e. The van der Waals surface area contributed by atoms with Crippen LogP contribution in [0.3, 0.4) is 0 Å². The molecule has 0 radical (unpaired) electrons. The van der Waals surface area contributed by atoms with Gasteiger partial charge >= 0.3 is 5.97 Å². The quantitative estimate of drug-likeness (QED) is 0.452. The Kier molecular flexibility index (Phi) is 5.85. The van der Waals surface area contributed by atoms with Gasteiger partial charge in [-0.25, -0.2) is 4.79 Å². The Balaban J connectivity index is 1.86. The fourth-order valence-electron chi connectivity index (χ4n) is 2.74. The number of carbonyl (C=O) groups excluding carboxylic acids is 1.